The number of rotatable bonds is 6. The number of likely N-dealkylation sites (tertiary alicyclic amines) is 1. The number of hydrogen-bond donors (Lipinski definition) is 1. The normalized spacial score (nSPS) is 16.9. The molecule has 182 valence electrons. The summed E-state index contributed by atoms with van der Waals surface area (Å²) in [5.41, 5.74) is 3.59. The van der Waals surface area contributed by atoms with Crippen LogP contribution in [0.5, 0.6) is 0 Å². The molecule has 1 saturated heterocycles. The molecular weight excluding hydrogens is 470 g/mol. The molecule has 2 aromatic carbocycles. The van der Waals surface area contributed by atoms with Gasteiger partial charge < -0.3 is 0 Å². The van der Waals surface area contributed by atoms with Gasteiger partial charge in [0, 0.05) is 35.2 Å². The van der Waals surface area contributed by atoms with Gasteiger partial charge in [0.15, 0.2) is 10.5 Å². The molecule has 0 saturated carbocycles. The molecular formula is C26H27F2N4O2S+. The van der Waals surface area contributed by atoms with Gasteiger partial charge >= 0.3 is 0 Å². The summed E-state index contributed by atoms with van der Waals surface area (Å²) in [6.45, 7) is 1.21. The Morgan fingerprint density at radius 1 is 1.00 bits per heavy atom. The molecule has 35 heavy (non-hydrogen) atoms. The molecule has 0 spiro atoms. The van der Waals surface area contributed by atoms with Crippen LogP contribution in [0.1, 0.15) is 24.8 Å². The minimum atomic E-state index is -3.09. The molecule has 0 bridgehead atoms. The quantitative estimate of drug-likeness (QED) is 0.351. The summed E-state index contributed by atoms with van der Waals surface area (Å²) in [6, 6.07) is 13.2. The minimum absolute atomic E-state index is 0.0125. The summed E-state index contributed by atoms with van der Waals surface area (Å²) >= 11 is 0. The first-order chi connectivity index (χ1) is 16.7. The van der Waals surface area contributed by atoms with E-state index in [1.54, 1.807) is 53.4 Å². The third kappa shape index (κ3) is 5.03. The standard InChI is InChI=1S/C26H26F2N4O2S/c1-35(33,34)23-7-5-6-20(14-23)24-16-30-32-17-21(15-29-25(24)32)19-8-10-22(11-9-19)26(27,28)18-31-12-3-2-4-13-31/h5-11,14-17H,2-4,12-13,18H2,1H3/p+1. The maximum atomic E-state index is 14.8. The van der Waals surface area contributed by atoms with Gasteiger partial charge in [-0.1, -0.05) is 47.0 Å². The molecule has 0 aliphatic carbocycles. The molecule has 9 heteroatoms. The van der Waals surface area contributed by atoms with Gasteiger partial charge in [-0.2, -0.15) is 18.4 Å². The van der Waals surface area contributed by atoms with E-state index in [1.165, 1.54) is 18.4 Å². The Morgan fingerprint density at radius 2 is 1.74 bits per heavy atom. The van der Waals surface area contributed by atoms with Crippen molar-refractivity contribution in [3.63, 3.8) is 0 Å². The van der Waals surface area contributed by atoms with Crippen molar-refractivity contribution in [3.05, 3.63) is 72.7 Å². The van der Waals surface area contributed by atoms with Crippen molar-refractivity contribution in [1.82, 2.24) is 19.5 Å². The van der Waals surface area contributed by atoms with Gasteiger partial charge in [-0.15, -0.1) is 0 Å². The van der Waals surface area contributed by atoms with Crippen molar-refractivity contribution in [2.75, 3.05) is 25.9 Å². The number of piperidine rings is 1. The van der Waals surface area contributed by atoms with Crippen LogP contribution in [0.15, 0.2) is 72.0 Å². The predicted molar refractivity (Wildman–Crippen MR) is 133 cm³/mol. The highest BCUT2D eigenvalue weighted by atomic mass is 32.3. The topological polar surface area (TPSA) is 70.7 Å². The second-order valence-electron chi connectivity index (χ2n) is 9.12. The van der Waals surface area contributed by atoms with Gasteiger partial charge in [0.25, 0.3) is 5.92 Å². The average Bonchev–Trinajstić information content (AvgIpc) is 3.27. The Kier molecular flexibility index (Phi) is 6.25. The lowest BCUT2D eigenvalue weighted by Gasteiger charge is -2.30. The second-order valence-corrected chi connectivity index (χ2v) is 11.2. The van der Waals surface area contributed by atoms with Crippen LogP contribution in [0.2, 0.25) is 0 Å². The molecule has 1 aliphatic heterocycles. The Hall–Kier alpha value is -3.01. The maximum Gasteiger partial charge on any atom is 0.285 e. The minimum Gasteiger partial charge on any atom is -0.297 e. The number of nitrogens with zero attached hydrogens (tertiary/aromatic N) is 4. The van der Waals surface area contributed by atoms with E-state index in [4.69, 9.17) is 0 Å². The molecule has 1 aliphatic rings. The molecule has 0 amide bonds. The second kappa shape index (κ2) is 9.22. The average molecular weight is 498 g/mol. The lowest BCUT2D eigenvalue weighted by molar-refractivity contribution is -0.0415. The highest BCUT2D eigenvalue weighted by molar-refractivity contribution is 7.97. The molecule has 1 atom stereocenters. The van der Waals surface area contributed by atoms with E-state index < -0.39 is 16.1 Å². The molecule has 1 unspecified atom stereocenters. The number of hydrogen-bond acceptors (Lipinski definition) is 4. The van der Waals surface area contributed by atoms with E-state index in [0.717, 1.165) is 54.6 Å². The van der Waals surface area contributed by atoms with Gasteiger partial charge in [-0.05, 0) is 43.1 Å². The maximum absolute atomic E-state index is 14.8. The fraction of sp³-hybridized carbons (Fsp3) is 0.308. The van der Waals surface area contributed by atoms with Crippen LogP contribution in [-0.4, -0.2) is 49.9 Å². The first-order valence-electron chi connectivity index (χ1n) is 11.6. The summed E-state index contributed by atoms with van der Waals surface area (Å²) in [4.78, 5) is 6.73. The van der Waals surface area contributed by atoms with E-state index in [9.17, 15) is 17.5 Å². The van der Waals surface area contributed by atoms with Crippen LogP contribution in [0.3, 0.4) is 0 Å². The van der Waals surface area contributed by atoms with Crippen molar-refractivity contribution < 1.29 is 17.5 Å². The SMILES string of the molecule is C[S+](=O)(O)c1cccc(-c2cnn3cc(-c4ccc(C(F)(F)CN5CCCCC5)cc4)cnc23)c1. The summed E-state index contributed by atoms with van der Waals surface area (Å²) in [5.74, 6) is -2.90. The number of fused-ring (bicyclic) bond motifs is 1. The van der Waals surface area contributed by atoms with Crippen LogP contribution in [0.25, 0.3) is 27.9 Å². The van der Waals surface area contributed by atoms with Crippen molar-refractivity contribution >= 4 is 15.9 Å². The van der Waals surface area contributed by atoms with Gasteiger partial charge in [-0.3, -0.25) is 4.90 Å². The molecule has 2 aromatic heterocycles. The Morgan fingerprint density at radius 3 is 2.46 bits per heavy atom. The zero-order chi connectivity index (χ0) is 24.6. The lowest BCUT2D eigenvalue weighted by atomic mass is 10.0. The van der Waals surface area contributed by atoms with E-state index in [1.807, 2.05) is 11.0 Å². The summed E-state index contributed by atoms with van der Waals surface area (Å²) in [5, 5.41) is 4.39. The van der Waals surface area contributed by atoms with Crippen LogP contribution in [0, 0.1) is 0 Å². The fourth-order valence-corrected chi connectivity index (χ4v) is 5.20. The predicted octanol–water partition coefficient (Wildman–Crippen LogP) is 5.60. The van der Waals surface area contributed by atoms with Crippen molar-refractivity contribution in [2.24, 2.45) is 0 Å². The highest BCUT2D eigenvalue weighted by Crippen LogP contribution is 2.32. The molecule has 1 fully saturated rings. The first kappa shape index (κ1) is 23.7. The van der Waals surface area contributed by atoms with Crippen LogP contribution >= 0.6 is 0 Å². The van der Waals surface area contributed by atoms with Crippen LogP contribution < -0.4 is 0 Å². The molecule has 3 heterocycles. The molecule has 5 rings (SSSR count). The monoisotopic (exact) mass is 497 g/mol. The van der Waals surface area contributed by atoms with E-state index in [-0.39, 0.29) is 12.1 Å². The van der Waals surface area contributed by atoms with Crippen molar-refractivity contribution in [1.29, 1.82) is 0 Å². The van der Waals surface area contributed by atoms with E-state index >= 15 is 0 Å². The van der Waals surface area contributed by atoms with Crippen LogP contribution in [0.4, 0.5) is 8.78 Å². The van der Waals surface area contributed by atoms with E-state index in [0.29, 0.717) is 10.5 Å². The van der Waals surface area contributed by atoms with Crippen LogP contribution in [-0.2, 0) is 20.3 Å². The van der Waals surface area contributed by atoms with Gasteiger partial charge in [0.1, 0.15) is 6.26 Å². The Balaban J connectivity index is 1.39. The summed E-state index contributed by atoms with van der Waals surface area (Å²) in [6.07, 6.45) is 9.48. The summed E-state index contributed by atoms with van der Waals surface area (Å²) in [7, 11) is -3.09. The number of benzene rings is 2. The van der Waals surface area contributed by atoms with Crippen molar-refractivity contribution in [2.45, 2.75) is 30.1 Å². The Bertz CT molecular complexity index is 1390. The van der Waals surface area contributed by atoms with Gasteiger partial charge in [-0.25, -0.2) is 9.50 Å². The number of halogens is 2. The Labute approximate surface area is 203 Å². The third-order valence-corrected chi connectivity index (χ3v) is 7.58. The van der Waals surface area contributed by atoms with E-state index in [2.05, 4.69) is 10.1 Å². The number of alkyl halides is 2. The smallest absolute Gasteiger partial charge is 0.285 e. The zero-order valence-electron chi connectivity index (χ0n) is 19.4. The summed E-state index contributed by atoms with van der Waals surface area (Å²) < 4.78 is 53.2. The zero-order valence-corrected chi connectivity index (χ0v) is 20.2. The third-order valence-electron chi connectivity index (χ3n) is 6.45. The molecule has 4 aromatic rings. The van der Waals surface area contributed by atoms with Gasteiger partial charge in [0.2, 0.25) is 10.2 Å². The molecule has 0 radical (unpaired) electrons. The largest absolute Gasteiger partial charge is 0.297 e. The molecule has 1 N–H and O–H groups in total. The number of aromatic nitrogens is 3. The molecule has 6 nitrogen and oxygen atoms in total. The first-order valence-corrected chi connectivity index (χ1v) is 13.5. The van der Waals surface area contributed by atoms with Gasteiger partial charge in [0.05, 0.1) is 12.7 Å². The lowest BCUT2D eigenvalue weighted by Crippen LogP contribution is -2.38. The fourth-order valence-electron chi connectivity index (χ4n) is 4.52. The van der Waals surface area contributed by atoms with Crippen molar-refractivity contribution in [3.8, 4) is 22.3 Å². The highest BCUT2D eigenvalue weighted by Gasteiger charge is 2.34.